The normalized spacial score (nSPS) is 14.5. The van der Waals surface area contributed by atoms with Crippen molar-refractivity contribution in [3.05, 3.63) is 93.0 Å². The average molecular weight is 562 g/mol. The van der Waals surface area contributed by atoms with E-state index in [0.29, 0.717) is 21.4 Å². The molecule has 1 aliphatic rings. The predicted octanol–water partition coefficient (Wildman–Crippen LogP) is 5.06. The molecule has 0 saturated carbocycles. The zero-order valence-electron chi connectivity index (χ0n) is 20.4. The second-order valence-corrected chi connectivity index (χ2v) is 9.48. The Hall–Kier alpha value is -4.24. The van der Waals surface area contributed by atoms with Crippen LogP contribution in [0.3, 0.4) is 0 Å². The van der Waals surface area contributed by atoms with Crippen LogP contribution in [-0.2, 0) is 14.4 Å². The maximum absolute atomic E-state index is 13.3. The number of benzene rings is 3. The molecule has 0 unspecified atom stereocenters. The first kappa shape index (κ1) is 25.8. The molecule has 1 heterocycles. The Kier molecular flexibility index (Phi) is 7.54. The van der Waals surface area contributed by atoms with E-state index in [1.807, 2.05) is 39.0 Å². The fourth-order valence-electron chi connectivity index (χ4n) is 3.72. The molecule has 0 spiro atoms. The molecule has 3 aromatic carbocycles. The Bertz CT molecular complexity index is 1460. The minimum Gasteiger partial charge on any atom is -0.483 e. The monoisotopic (exact) mass is 561 g/mol. The maximum atomic E-state index is 13.3. The van der Waals surface area contributed by atoms with Crippen LogP contribution in [-0.4, -0.2) is 30.4 Å². The van der Waals surface area contributed by atoms with Gasteiger partial charge in [0, 0.05) is 15.7 Å². The molecule has 5 amide bonds. The van der Waals surface area contributed by atoms with E-state index in [1.54, 1.807) is 42.5 Å². The summed E-state index contributed by atoms with van der Waals surface area (Å²) >= 11 is 3.38. The molecule has 0 bridgehead atoms. The molecule has 9 heteroatoms. The van der Waals surface area contributed by atoms with E-state index in [9.17, 15) is 19.2 Å². The van der Waals surface area contributed by atoms with Crippen LogP contribution in [0.25, 0.3) is 6.08 Å². The van der Waals surface area contributed by atoms with Crippen LogP contribution >= 0.6 is 15.9 Å². The first-order valence-corrected chi connectivity index (χ1v) is 12.2. The lowest BCUT2D eigenvalue weighted by Crippen LogP contribution is -2.54. The minimum absolute atomic E-state index is 0.245. The van der Waals surface area contributed by atoms with E-state index in [4.69, 9.17) is 4.74 Å². The third-order valence-electron chi connectivity index (χ3n) is 5.90. The Morgan fingerprint density at radius 1 is 0.973 bits per heavy atom. The van der Waals surface area contributed by atoms with Crippen molar-refractivity contribution < 1.29 is 23.9 Å². The van der Waals surface area contributed by atoms with Crippen molar-refractivity contribution >= 4 is 57.1 Å². The number of halogens is 1. The van der Waals surface area contributed by atoms with Gasteiger partial charge in [-0.25, -0.2) is 9.69 Å². The van der Waals surface area contributed by atoms with Crippen LogP contribution < -0.4 is 20.3 Å². The second-order valence-electron chi connectivity index (χ2n) is 8.56. The van der Waals surface area contributed by atoms with Gasteiger partial charge in [-0.1, -0.05) is 40.2 Å². The van der Waals surface area contributed by atoms with E-state index in [2.05, 4.69) is 26.6 Å². The lowest BCUT2D eigenvalue weighted by atomic mass is 10.0. The summed E-state index contributed by atoms with van der Waals surface area (Å²) in [4.78, 5) is 51.9. The first-order chi connectivity index (χ1) is 17.6. The summed E-state index contributed by atoms with van der Waals surface area (Å²) in [5.41, 5.74) is 3.97. The van der Waals surface area contributed by atoms with Gasteiger partial charge in [-0.3, -0.25) is 19.7 Å². The number of nitrogens with zero attached hydrogens (tertiary/aromatic N) is 1. The number of carbonyl (C=O) groups is 4. The third kappa shape index (κ3) is 5.78. The van der Waals surface area contributed by atoms with Crippen molar-refractivity contribution in [1.82, 2.24) is 5.32 Å². The topological polar surface area (TPSA) is 105 Å². The van der Waals surface area contributed by atoms with Crippen LogP contribution in [0, 0.1) is 20.8 Å². The highest BCUT2D eigenvalue weighted by Gasteiger charge is 2.37. The largest absolute Gasteiger partial charge is 0.483 e. The molecule has 1 saturated heterocycles. The zero-order valence-corrected chi connectivity index (χ0v) is 22.0. The Morgan fingerprint density at radius 3 is 2.46 bits per heavy atom. The number of urea groups is 1. The molecule has 0 radical (unpaired) electrons. The number of barbiturate groups is 1. The number of amides is 5. The number of hydrogen-bond acceptors (Lipinski definition) is 5. The van der Waals surface area contributed by atoms with Crippen molar-refractivity contribution in [3.63, 3.8) is 0 Å². The van der Waals surface area contributed by atoms with Crippen LogP contribution in [0.5, 0.6) is 5.75 Å². The van der Waals surface area contributed by atoms with Gasteiger partial charge in [0.15, 0.2) is 6.61 Å². The lowest BCUT2D eigenvalue weighted by molar-refractivity contribution is -0.122. The summed E-state index contributed by atoms with van der Waals surface area (Å²) < 4.78 is 6.41. The van der Waals surface area contributed by atoms with Gasteiger partial charge in [-0.05, 0) is 79.9 Å². The number of nitrogens with one attached hydrogen (secondary N) is 2. The molecule has 1 fully saturated rings. The van der Waals surface area contributed by atoms with Crippen molar-refractivity contribution in [3.8, 4) is 5.75 Å². The molecule has 1 aliphatic heterocycles. The molecule has 8 nitrogen and oxygen atoms in total. The standard InChI is InChI=1S/C28H24BrN3O5/c1-16-8-10-21(12-18(16)3)32-27(35)22(26(34)31-28(32)36)14-19-13-20(29)9-11-24(19)37-15-25(33)30-23-7-5-4-6-17(23)2/h4-14H,15H2,1-3H3,(H,30,33)(H,31,34,36)/b22-14-. The van der Waals surface area contributed by atoms with E-state index in [1.165, 1.54) is 6.08 Å². The maximum Gasteiger partial charge on any atom is 0.335 e. The molecule has 0 atom stereocenters. The van der Waals surface area contributed by atoms with Gasteiger partial charge in [0.1, 0.15) is 11.3 Å². The molecule has 4 rings (SSSR count). The van der Waals surface area contributed by atoms with E-state index < -0.39 is 17.8 Å². The van der Waals surface area contributed by atoms with E-state index in [-0.39, 0.29) is 23.8 Å². The number of para-hydroxylation sites is 1. The predicted molar refractivity (Wildman–Crippen MR) is 144 cm³/mol. The highest BCUT2D eigenvalue weighted by molar-refractivity contribution is 9.10. The van der Waals surface area contributed by atoms with Crippen molar-refractivity contribution in [2.45, 2.75) is 20.8 Å². The van der Waals surface area contributed by atoms with Crippen molar-refractivity contribution in [1.29, 1.82) is 0 Å². The Labute approximate surface area is 222 Å². The van der Waals surface area contributed by atoms with Crippen LogP contribution in [0.4, 0.5) is 16.2 Å². The van der Waals surface area contributed by atoms with Gasteiger partial charge in [0.05, 0.1) is 5.69 Å². The Balaban J connectivity index is 1.60. The fourth-order valence-corrected chi connectivity index (χ4v) is 4.10. The van der Waals surface area contributed by atoms with Crippen molar-refractivity contribution in [2.75, 3.05) is 16.8 Å². The summed E-state index contributed by atoms with van der Waals surface area (Å²) in [6, 6.07) is 16.7. The highest BCUT2D eigenvalue weighted by Crippen LogP contribution is 2.29. The molecule has 0 aromatic heterocycles. The number of anilines is 2. The Morgan fingerprint density at radius 2 is 1.73 bits per heavy atom. The molecule has 188 valence electrons. The van der Waals surface area contributed by atoms with E-state index >= 15 is 0 Å². The quantitative estimate of drug-likeness (QED) is 0.323. The number of hydrogen-bond donors (Lipinski definition) is 2. The van der Waals surface area contributed by atoms with Gasteiger partial charge in [-0.15, -0.1) is 0 Å². The van der Waals surface area contributed by atoms with Crippen molar-refractivity contribution in [2.24, 2.45) is 0 Å². The smallest absolute Gasteiger partial charge is 0.335 e. The van der Waals surface area contributed by atoms with Gasteiger partial charge < -0.3 is 10.1 Å². The number of ether oxygens (including phenoxy) is 1. The summed E-state index contributed by atoms with van der Waals surface area (Å²) in [7, 11) is 0. The van der Waals surface area contributed by atoms with Crippen LogP contribution in [0.15, 0.2) is 70.7 Å². The zero-order chi connectivity index (χ0) is 26.7. The average Bonchev–Trinajstić information content (AvgIpc) is 2.84. The molecule has 3 aromatic rings. The molecule has 37 heavy (non-hydrogen) atoms. The van der Waals surface area contributed by atoms with Crippen LogP contribution in [0.2, 0.25) is 0 Å². The van der Waals surface area contributed by atoms with Gasteiger partial charge in [0.25, 0.3) is 17.7 Å². The van der Waals surface area contributed by atoms with E-state index in [0.717, 1.165) is 21.6 Å². The molecule has 2 N–H and O–H groups in total. The summed E-state index contributed by atoms with van der Waals surface area (Å²) in [5, 5.41) is 5.01. The number of imide groups is 2. The summed E-state index contributed by atoms with van der Waals surface area (Å²) in [5.74, 6) is -1.67. The first-order valence-electron chi connectivity index (χ1n) is 11.4. The molecular weight excluding hydrogens is 538 g/mol. The van der Waals surface area contributed by atoms with Gasteiger partial charge in [0.2, 0.25) is 0 Å². The molecular formula is C28H24BrN3O5. The number of carbonyl (C=O) groups excluding carboxylic acids is 4. The SMILES string of the molecule is Cc1ccc(N2C(=O)NC(=O)/C(=C/c3cc(Br)ccc3OCC(=O)Nc3ccccc3C)C2=O)cc1C. The summed E-state index contributed by atoms with van der Waals surface area (Å²) in [6.45, 7) is 5.38. The second kappa shape index (κ2) is 10.8. The van der Waals surface area contributed by atoms with Crippen LogP contribution in [0.1, 0.15) is 22.3 Å². The highest BCUT2D eigenvalue weighted by atomic mass is 79.9. The third-order valence-corrected chi connectivity index (χ3v) is 6.39. The lowest BCUT2D eigenvalue weighted by Gasteiger charge is -2.27. The summed E-state index contributed by atoms with van der Waals surface area (Å²) in [6.07, 6.45) is 1.34. The number of aryl methyl sites for hydroxylation is 3. The van der Waals surface area contributed by atoms with Gasteiger partial charge >= 0.3 is 6.03 Å². The molecule has 0 aliphatic carbocycles. The number of rotatable bonds is 6. The van der Waals surface area contributed by atoms with Gasteiger partial charge in [-0.2, -0.15) is 0 Å². The minimum atomic E-state index is -0.825. The fraction of sp³-hybridized carbons (Fsp3) is 0.143.